The second kappa shape index (κ2) is 9.56. The molecule has 2 N–H and O–H groups in total. The zero-order valence-electron chi connectivity index (χ0n) is 14.8. The first-order valence-corrected chi connectivity index (χ1v) is 8.82. The lowest BCUT2D eigenvalue weighted by Gasteiger charge is -2.13. The number of guanidine groups is 1. The van der Waals surface area contributed by atoms with Crippen molar-refractivity contribution in [2.45, 2.75) is 46.1 Å². The number of hydrogen-bond acceptors (Lipinski definition) is 2. The minimum absolute atomic E-state index is 0.602. The van der Waals surface area contributed by atoms with E-state index in [-0.39, 0.29) is 0 Å². The van der Waals surface area contributed by atoms with Crippen molar-refractivity contribution < 1.29 is 4.74 Å². The van der Waals surface area contributed by atoms with Gasteiger partial charge in [-0.05, 0) is 48.3 Å². The molecule has 0 aliphatic heterocycles. The van der Waals surface area contributed by atoms with E-state index in [1.54, 1.807) is 0 Å². The van der Waals surface area contributed by atoms with Gasteiger partial charge in [0.15, 0.2) is 5.96 Å². The Bertz CT molecular complexity index is 511. The summed E-state index contributed by atoms with van der Waals surface area (Å²) in [5.41, 5.74) is 4.38. The minimum atomic E-state index is 0.602. The normalized spacial score (nSPS) is 14.2. The zero-order chi connectivity index (χ0) is 16.5. The van der Waals surface area contributed by atoms with Crippen LogP contribution in [0.1, 0.15) is 43.4 Å². The van der Waals surface area contributed by atoms with Crippen LogP contribution in [-0.2, 0) is 24.1 Å². The average Bonchev–Trinajstić information content (AvgIpc) is 3.00. The maximum atomic E-state index is 5.58. The molecule has 0 saturated carbocycles. The standard InChI is InChI=1S/C19H31N3O/c1-15(2)14-23-11-5-10-21-19(20-3)22-13-16-8-9-17-6-4-7-18(17)12-16/h8-9,12,15H,4-7,10-11,13-14H2,1-3H3,(H2,20,21,22). The molecule has 23 heavy (non-hydrogen) atoms. The number of fused-ring (bicyclic) bond motifs is 1. The Hall–Kier alpha value is -1.55. The van der Waals surface area contributed by atoms with E-state index in [0.29, 0.717) is 5.92 Å². The largest absolute Gasteiger partial charge is 0.381 e. The van der Waals surface area contributed by atoms with Gasteiger partial charge >= 0.3 is 0 Å². The maximum absolute atomic E-state index is 5.58. The number of rotatable bonds is 8. The molecule has 1 aliphatic carbocycles. The predicted octanol–water partition coefficient (Wildman–Crippen LogP) is 2.90. The van der Waals surface area contributed by atoms with E-state index in [2.05, 4.69) is 47.7 Å². The van der Waals surface area contributed by atoms with Crippen LogP contribution in [-0.4, -0.2) is 32.8 Å². The molecule has 1 aromatic carbocycles. The van der Waals surface area contributed by atoms with Gasteiger partial charge in [-0.2, -0.15) is 0 Å². The van der Waals surface area contributed by atoms with Gasteiger partial charge in [-0.3, -0.25) is 4.99 Å². The lowest BCUT2D eigenvalue weighted by atomic mass is 10.1. The first-order valence-electron chi connectivity index (χ1n) is 8.82. The molecule has 1 aliphatic rings. The summed E-state index contributed by atoms with van der Waals surface area (Å²) < 4.78 is 5.58. The highest BCUT2D eigenvalue weighted by atomic mass is 16.5. The maximum Gasteiger partial charge on any atom is 0.191 e. The van der Waals surface area contributed by atoms with Crippen molar-refractivity contribution in [3.05, 3.63) is 34.9 Å². The monoisotopic (exact) mass is 317 g/mol. The molecule has 128 valence electrons. The molecule has 0 fully saturated rings. The lowest BCUT2D eigenvalue weighted by Crippen LogP contribution is -2.37. The summed E-state index contributed by atoms with van der Waals surface area (Å²) in [6.07, 6.45) is 4.76. The van der Waals surface area contributed by atoms with Crippen molar-refractivity contribution in [2.24, 2.45) is 10.9 Å². The summed E-state index contributed by atoms with van der Waals surface area (Å²) in [6, 6.07) is 6.84. The summed E-state index contributed by atoms with van der Waals surface area (Å²) in [6.45, 7) is 7.67. The van der Waals surface area contributed by atoms with E-state index in [4.69, 9.17) is 4.74 Å². The van der Waals surface area contributed by atoms with Crippen LogP contribution in [0.3, 0.4) is 0 Å². The topological polar surface area (TPSA) is 45.7 Å². The molecule has 2 rings (SSSR count). The highest BCUT2D eigenvalue weighted by Gasteiger charge is 2.10. The SMILES string of the molecule is CN=C(NCCCOCC(C)C)NCc1ccc2c(c1)CCC2. The quantitative estimate of drug-likeness (QED) is 0.440. The fraction of sp³-hybridized carbons (Fsp3) is 0.632. The molecule has 0 unspecified atom stereocenters. The highest BCUT2D eigenvalue weighted by molar-refractivity contribution is 5.79. The molecule has 0 aromatic heterocycles. The van der Waals surface area contributed by atoms with Crippen LogP contribution in [0, 0.1) is 5.92 Å². The summed E-state index contributed by atoms with van der Waals surface area (Å²) in [5, 5.41) is 6.72. The first-order chi connectivity index (χ1) is 11.2. The molecule has 0 atom stereocenters. The Labute approximate surface area is 140 Å². The Morgan fingerprint density at radius 3 is 2.83 bits per heavy atom. The van der Waals surface area contributed by atoms with E-state index in [0.717, 1.165) is 38.7 Å². The van der Waals surface area contributed by atoms with Crippen LogP contribution < -0.4 is 10.6 Å². The number of nitrogens with zero attached hydrogens (tertiary/aromatic N) is 1. The predicted molar refractivity (Wildman–Crippen MR) is 96.9 cm³/mol. The third kappa shape index (κ3) is 6.22. The molecule has 0 spiro atoms. The van der Waals surface area contributed by atoms with Crippen molar-refractivity contribution in [3.63, 3.8) is 0 Å². The smallest absolute Gasteiger partial charge is 0.191 e. The van der Waals surface area contributed by atoms with Crippen LogP contribution in [0.25, 0.3) is 0 Å². The van der Waals surface area contributed by atoms with E-state index < -0.39 is 0 Å². The van der Waals surface area contributed by atoms with Crippen molar-refractivity contribution >= 4 is 5.96 Å². The third-order valence-corrected chi connectivity index (χ3v) is 4.06. The van der Waals surface area contributed by atoms with Gasteiger partial charge < -0.3 is 15.4 Å². The van der Waals surface area contributed by atoms with Crippen LogP contribution in [0.5, 0.6) is 0 Å². The average molecular weight is 317 g/mol. The van der Waals surface area contributed by atoms with Gasteiger partial charge in [-0.25, -0.2) is 0 Å². The molecule has 0 radical (unpaired) electrons. The summed E-state index contributed by atoms with van der Waals surface area (Å²) in [5.74, 6) is 1.46. The second-order valence-electron chi connectivity index (χ2n) is 6.63. The summed E-state index contributed by atoms with van der Waals surface area (Å²) >= 11 is 0. The Kier molecular flexibility index (Phi) is 7.40. The summed E-state index contributed by atoms with van der Waals surface area (Å²) in [7, 11) is 1.81. The second-order valence-corrected chi connectivity index (χ2v) is 6.63. The Morgan fingerprint density at radius 2 is 2.04 bits per heavy atom. The van der Waals surface area contributed by atoms with E-state index in [1.165, 1.54) is 36.0 Å². The van der Waals surface area contributed by atoms with Gasteiger partial charge in [-0.15, -0.1) is 0 Å². The van der Waals surface area contributed by atoms with E-state index >= 15 is 0 Å². The van der Waals surface area contributed by atoms with Crippen LogP contribution in [0.2, 0.25) is 0 Å². The van der Waals surface area contributed by atoms with Gasteiger partial charge in [0.2, 0.25) is 0 Å². The Morgan fingerprint density at radius 1 is 1.22 bits per heavy atom. The molecule has 0 bridgehead atoms. The van der Waals surface area contributed by atoms with Gasteiger partial charge in [0, 0.05) is 33.4 Å². The minimum Gasteiger partial charge on any atom is -0.381 e. The van der Waals surface area contributed by atoms with Crippen LogP contribution in [0.15, 0.2) is 23.2 Å². The van der Waals surface area contributed by atoms with Crippen molar-refractivity contribution in [1.82, 2.24) is 10.6 Å². The zero-order valence-corrected chi connectivity index (χ0v) is 14.8. The van der Waals surface area contributed by atoms with Gasteiger partial charge in [0.05, 0.1) is 0 Å². The fourth-order valence-electron chi connectivity index (χ4n) is 2.84. The number of hydrogen-bond donors (Lipinski definition) is 2. The summed E-state index contributed by atoms with van der Waals surface area (Å²) in [4.78, 5) is 4.28. The number of aliphatic imine (C=N–C) groups is 1. The Balaban J connectivity index is 1.65. The number of ether oxygens (including phenoxy) is 1. The van der Waals surface area contributed by atoms with Crippen molar-refractivity contribution in [3.8, 4) is 0 Å². The molecule has 1 aromatic rings. The fourth-order valence-corrected chi connectivity index (χ4v) is 2.84. The third-order valence-electron chi connectivity index (χ3n) is 4.06. The molecule has 0 heterocycles. The van der Waals surface area contributed by atoms with Crippen molar-refractivity contribution in [2.75, 3.05) is 26.8 Å². The van der Waals surface area contributed by atoms with Crippen LogP contribution >= 0.6 is 0 Å². The van der Waals surface area contributed by atoms with E-state index in [1.807, 2.05) is 7.05 Å². The van der Waals surface area contributed by atoms with Crippen LogP contribution in [0.4, 0.5) is 0 Å². The van der Waals surface area contributed by atoms with Crippen molar-refractivity contribution in [1.29, 1.82) is 0 Å². The van der Waals surface area contributed by atoms with Gasteiger partial charge in [0.1, 0.15) is 0 Å². The molecular formula is C19H31N3O. The highest BCUT2D eigenvalue weighted by Crippen LogP contribution is 2.22. The number of aryl methyl sites for hydroxylation is 2. The molecule has 4 nitrogen and oxygen atoms in total. The number of benzene rings is 1. The molecule has 0 saturated heterocycles. The number of nitrogens with one attached hydrogen (secondary N) is 2. The van der Waals surface area contributed by atoms with Gasteiger partial charge in [0.25, 0.3) is 0 Å². The van der Waals surface area contributed by atoms with E-state index in [9.17, 15) is 0 Å². The van der Waals surface area contributed by atoms with Gasteiger partial charge in [-0.1, -0.05) is 32.0 Å². The lowest BCUT2D eigenvalue weighted by molar-refractivity contribution is 0.108. The molecular weight excluding hydrogens is 286 g/mol. The molecule has 0 amide bonds. The molecule has 4 heteroatoms. The first kappa shape index (κ1) is 17.8.